The summed E-state index contributed by atoms with van der Waals surface area (Å²) in [6, 6.07) is 0.0465. The predicted molar refractivity (Wildman–Crippen MR) is 52.8 cm³/mol. The van der Waals surface area contributed by atoms with Gasteiger partial charge in [0.15, 0.2) is 0 Å². The van der Waals surface area contributed by atoms with Gasteiger partial charge in [-0.05, 0) is 32.2 Å². The lowest BCUT2D eigenvalue weighted by Crippen LogP contribution is -2.47. The van der Waals surface area contributed by atoms with Gasteiger partial charge in [0.1, 0.15) is 0 Å². The first kappa shape index (κ1) is 9.93. The number of nitrogens with zero attached hydrogens (tertiary/aromatic N) is 1. The highest BCUT2D eigenvalue weighted by molar-refractivity contribution is 5.82. The van der Waals surface area contributed by atoms with E-state index in [2.05, 4.69) is 5.32 Å². The smallest absolute Gasteiger partial charge is 0.239 e. The summed E-state index contributed by atoms with van der Waals surface area (Å²) in [7, 11) is 0. The summed E-state index contributed by atoms with van der Waals surface area (Å²) in [5.41, 5.74) is 0. The average molecular weight is 198 g/mol. The van der Waals surface area contributed by atoms with Crippen molar-refractivity contribution in [1.29, 1.82) is 0 Å². The summed E-state index contributed by atoms with van der Waals surface area (Å²) in [5.74, 6) is 0.231. The van der Waals surface area contributed by atoms with E-state index in [1.54, 1.807) is 0 Å². The minimum atomic E-state index is -0.199. The monoisotopic (exact) mass is 198 g/mol. The van der Waals surface area contributed by atoms with Gasteiger partial charge in [0.2, 0.25) is 5.91 Å². The van der Waals surface area contributed by atoms with E-state index in [9.17, 15) is 9.90 Å². The van der Waals surface area contributed by atoms with E-state index in [0.29, 0.717) is 0 Å². The normalized spacial score (nSPS) is 29.5. The molecule has 1 amide bonds. The molecule has 0 aromatic rings. The summed E-state index contributed by atoms with van der Waals surface area (Å²) in [6.07, 6.45) is 3.34. The van der Waals surface area contributed by atoms with Gasteiger partial charge in [-0.3, -0.25) is 4.79 Å². The molecule has 2 aliphatic heterocycles. The first-order chi connectivity index (χ1) is 6.77. The quantitative estimate of drug-likeness (QED) is 0.609. The Morgan fingerprint density at radius 1 is 1.29 bits per heavy atom. The number of nitrogens with one attached hydrogen (secondary N) is 1. The molecule has 1 atom stereocenters. The maximum absolute atomic E-state index is 11.9. The van der Waals surface area contributed by atoms with Crippen LogP contribution in [0.4, 0.5) is 0 Å². The molecule has 2 saturated heterocycles. The number of hydrogen-bond donors (Lipinski definition) is 2. The zero-order chi connectivity index (χ0) is 9.97. The van der Waals surface area contributed by atoms with Crippen LogP contribution >= 0.6 is 0 Å². The molecule has 0 saturated carbocycles. The van der Waals surface area contributed by atoms with E-state index in [0.717, 1.165) is 45.3 Å². The molecule has 0 spiro atoms. The number of piperidine rings is 1. The first-order valence-corrected chi connectivity index (χ1v) is 5.47. The molecular weight excluding hydrogens is 180 g/mol. The van der Waals surface area contributed by atoms with Crippen molar-refractivity contribution in [2.45, 2.75) is 37.8 Å². The third kappa shape index (κ3) is 2.07. The maximum atomic E-state index is 11.9. The Morgan fingerprint density at radius 2 is 2.00 bits per heavy atom. The Balaban J connectivity index is 1.85. The summed E-state index contributed by atoms with van der Waals surface area (Å²) < 4.78 is 0. The second kappa shape index (κ2) is 4.28. The van der Waals surface area contributed by atoms with Crippen LogP contribution in [0.15, 0.2) is 0 Å². The van der Waals surface area contributed by atoms with Crippen LogP contribution in [-0.4, -0.2) is 47.7 Å². The molecular formula is C10H18N2O2. The van der Waals surface area contributed by atoms with E-state index < -0.39 is 0 Å². The number of rotatable bonds is 1. The van der Waals surface area contributed by atoms with Gasteiger partial charge in [-0.25, -0.2) is 0 Å². The lowest BCUT2D eigenvalue weighted by molar-refractivity contribution is -0.135. The molecule has 0 unspecified atom stereocenters. The van der Waals surface area contributed by atoms with Crippen molar-refractivity contribution in [1.82, 2.24) is 10.2 Å². The molecule has 2 rings (SSSR count). The van der Waals surface area contributed by atoms with Crippen LogP contribution in [0.2, 0.25) is 0 Å². The van der Waals surface area contributed by atoms with Gasteiger partial charge >= 0.3 is 0 Å². The minimum absolute atomic E-state index is 0.0465. The number of hydrogen-bond acceptors (Lipinski definition) is 3. The van der Waals surface area contributed by atoms with Crippen molar-refractivity contribution in [3.8, 4) is 0 Å². The topological polar surface area (TPSA) is 52.6 Å². The Morgan fingerprint density at radius 3 is 2.57 bits per heavy atom. The molecule has 0 aromatic carbocycles. The van der Waals surface area contributed by atoms with Gasteiger partial charge in [-0.2, -0.15) is 0 Å². The van der Waals surface area contributed by atoms with Crippen LogP contribution in [0.5, 0.6) is 0 Å². The lowest BCUT2D eigenvalue weighted by Gasteiger charge is -2.31. The van der Waals surface area contributed by atoms with Crippen LogP contribution in [-0.2, 0) is 4.79 Å². The molecule has 2 heterocycles. The highest BCUT2D eigenvalue weighted by Crippen LogP contribution is 2.14. The molecule has 80 valence electrons. The van der Waals surface area contributed by atoms with Crippen molar-refractivity contribution in [2.75, 3.05) is 19.6 Å². The van der Waals surface area contributed by atoms with E-state index in [-0.39, 0.29) is 18.1 Å². The van der Waals surface area contributed by atoms with Crippen LogP contribution in [0.25, 0.3) is 0 Å². The third-order valence-corrected chi connectivity index (χ3v) is 3.13. The zero-order valence-corrected chi connectivity index (χ0v) is 8.41. The number of aliphatic hydroxyl groups excluding tert-OH is 1. The fourth-order valence-electron chi connectivity index (χ4n) is 2.20. The number of carbonyl (C=O) groups is 1. The fourth-order valence-corrected chi connectivity index (χ4v) is 2.20. The van der Waals surface area contributed by atoms with E-state index in [1.165, 1.54) is 0 Å². The van der Waals surface area contributed by atoms with Crippen molar-refractivity contribution in [3.05, 3.63) is 0 Å². The molecule has 4 nitrogen and oxygen atoms in total. The van der Waals surface area contributed by atoms with Crippen molar-refractivity contribution in [2.24, 2.45) is 0 Å². The van der Waals surface area contributed by atoms with Gasteiger partial charge in [0.25, 0.3) is 0 Å². The molecule has 2 aliphatic rings. The number of amides is 1. The van der Waals surface area contributed by atoms with Crippen LogP contribution < -0.4 is 5.32 Å². The molecule has 0 aromatic heterocycles. The standard InChI is InChI=1S/C10H18N2O2/c13-8-3-6-12(7-4-8)10(14)9-2-1-5-11-9/h8-9,11,13H,1-7H2/t9-/m1/s1. The molecule has 2 N–H and O–H groups in total. The van der Waals surface area contributed by atoms with Crippen LogP contribution in [0.1, 0.15) is 25.7 Å². The average Bonchev–Trinajstić information content (AvgIpc) is 2.71. The maximum Gasteiger partial charge on any atom is 0.239 e. The Bertz CT molecular complexity index is 206. The number of likely N-dealkylation sites (tertiary alicyclic amines) is 1. The summed E-state index contributed by atoms with van der Waals surface area (Å²) in [6.45, 7) is 2.41. The van der Waals surface area contributed by atoms with Gasteiger partial charge in [0.05, 0.1) is 12.1 Å². The lowest BCUT2D eigenvalue weighted by atomic mass is 10.1. The van der Waals surface area contributed by atoms with Gasteiger partial charge < -0.3 is 15.3 Å². The second-order valence-electron chi connectivity index (χ2n) is 4.21. The predicted octanol–water partition coefficient (Wildman–Crippen LogP) is -0.278. The van der Waals surface area contributed by atoms with Crippen LogP contribution in [0, 0.1) is 0 Å². The van der Waals surface area contributed by atoms with Crippen molar-refractivity contribution >= 4 is 5.91 Å². The highest BCUT2D eigenvalue weighted by atomic mass is 16.3. The van der Waals surface area contributed by atoms with Gasteiger partial charge in [-0.1, -0.05) is 0 Å². The number of aliphatic hydroxyl groups is 1. The van der Waals surface area contributed by atoms with E-state index >= 15 is 0 Å². The van der Waals surface area contributed by atoms with Crippen molar-refractivity contribution in [3.63, 3.8) is 0 Å². The first-order valence-electron chi connectivity index (χ1n) is 5.47. The van der Waals surface area contributed by atoms with Gasteiger partial charge in [0, 0.05) is 13.1 Å². The highest BCUT2D eigenvalue weighted by Gasteiger charge is 2.28. The minimum Gasteiger partial charge on any atom is -0.393 e. The summed E-state index contributed by atoms with van der Waals surface area (Å²) in [4.78, 5) is 13.8. The Hall–Kier alpha value is -0.610. The third-order valence-electron chi connectivity index (χ3n) is 3.13. The van der Waals surface area contributed by atoms with E-state index in [4.69, 9.17) is 0 Å². The molecule has 0 radical (unpaired) electrons. The molecule has 4 heteroatoms. The SMILES string of the molecule is O=C([C@H]1CCCN1)N1CCC(O)CC1. The summed E-state index contributed by atoms with van der Waals surface area (Å²) >= 11 is 0. The largest absolute Gasteiger partial charge is 0.393 e. The van der Waals surface area contributed by atoms with Gasteiger partial charge in [-0.15, -0.1) is 0 Å². The van der Waals surface area contributed by atoms with E-state index in [1.807, 2.05) is 4.90 Å². The summed E-state index contributed by atoms with van der Waals surface area (Å²) in [5, 5.41) is 12.5. The molecule has 2 fully saturated rings. The second-order valence-corrected chi connectivity index (χ2v) is 4.21. The van der Waals surface area contributed by atoms with Crippen LogP contribution in [0.3, 0.4) is 0 Å². The molecule has 0 bridgehead atoms. The molecule has 14 heavy (non-hydrogen) atoms. The Kier molecular flexibility index (Phi) is 3.03. The number of carbonyl (C=O) groups excluding carboxylic acids is 1. The zero-order valence-electron chi connectivity index (χ0n) is 8.41. The fraction of sp³-hybridized carbons (Fsp3) is 0.900. The molecule has 0 aliphatic carbocycles. The Labute approximate surface area is 84.3 Å². The van der Waals surface area contributed by atoms with Crippen molar-refractivity contribution < 1.29 is 9.90 Å².